The Morgan fingerprint density at radius 2 is 1.79 bits per heavy atom. The second-order valence-electron chi connectivity index (χ2n) is 6.59. The Labute approximate surface area is 178 Å². The number of carbonyl (C=O) groups excluding carboxylic acids is 1. The van der Waals surface area contributed by atoms with Gasteiger partial charge in [0.15, 0.2) is 9.84 Å². The van der Waals surface area contributed by atoms with E-state index in [1.165, 1.54) is 7.11 Å². The predicted molar refractivity (Wildman–Crippen MR) is 115 cm³/mol. The van der Waals surface area contributed by atoms with E-state index < -0.39 is 9.84 Å². The molecule has 0 spiro atoms. The van der Waals surface area contributed by atoms with E-state index in [2.05, 4.69) is 20.8 Å². The van der Waals surface area contributed by atoms with E-state index in [1.807, 2.05) is 24.3 Å². The number of hydrogen-bond donors (Lipinski definition) is 0. The van der Waals surface area contributed by atoms with Crippen LogP contribution in [0.2, 0.25) is 0 Å². The Bertz CT molecular complexity index is 954. The number of carbonyl (C=O) groups is 1. The van der Waals surface area contributed by atoms with Crippen molar-refractivity contribution in [2.75, 3.05) is 41.8 Å². The van der Waals surface area contributed by atoms with Crippen LogP contribution in [-0.2, 0) is 21.2 Å². The first kappa shape index (κ1) is 21.6. The Kier molecular flexibility index (Phi) is 6.78. The molecule has 1 aliphatic rings. The minimum atomic E-state index is -3.09. The number of urea groups is 1. The van der Waals surface area contributed by atoms with Crippen LogP contribution in [0.25, 0.3) is 0 Å². The standard InChI is InChI=1S/C19H21BrN3O5S/c1-28-23(25)17-7-5-15(6-8-17)14-22(18-4-2-3-16(20)13-18)19(24)21-9-11-29(26,27)12-10-21/h2-8,13H,9-12,14H2,1H3/q-1. The summed E-state index contributed by atoms with van der Waals surface area (Å²) in [5.74, 6) is -0.0633. The van der Waals surface area contributed by atoms with Crippen molar-refractivity contribution in [1.29, 1.82) is 0 Å². The van der Waals surface area contributed by atoms with Crippen LogP contribution in [0, 0.1) is 5.21 Å². The molecule has 0 radical (unpaired) electrons. The summed E-state index contributed by atoms with van der Waals surface area (Å²) >= 11 is 3.42. The van der Waals surface area contributed by atoms with Gasteiger partial charge in [0.25, 0.3) is 0 Å². The third-order valence-corrected chi connectivity index (χ3v) is 6.72. The summed E-state index contributed by atoms with van der Waals surface area (Å²) in [5, 5.41) is 11.9. The largest absolute Gasteiger partial charge is 0.733 e. The van der Waals surface area contributed by atoms with Gasteiger partial charge in [-0.15, -0.1) is 0 Å². The Balaban J connectivity index is 1.84. The van der Waals surface area contributed by atoms with Crippen LogP contribution in [0.3, 0.4) is 0 Å². The minimum Gasteiger partial charge on any atom is -0.733 e. The van der Waals surface area contributed by atoms with Crippen molar-refractivity contribution < 1.29 is 18.0 Å². The highest BCUT2D eigenvalue weighted by Crippen LogP contribution is 2.25. The first-order chi connectivity index (χ1) is 13.8. The molecule has 8 nitrogen and oxygen atoms in total. The highest BCUT2D eigenvalue weighted by Gasteiger charge is 2.29. The summed E-state index contributed by atoms with van der Waals surface area (Å²) in [7, 11) is -1.80. The lowest BCUT2D eigenvalue weighted by Crippen LogP contribution is -2.49. The summed E-state index contributed by atoms with van der Waals surface area (Å²) in [6.07, 6.45) is 0. The highest BCUT2D eigenvalue weighted by atomic mass is 79.9. The number of rotatable bonds is 5. The Morgan fingerprint density at radius 1 is 1.14 bits per heavy atom. The van der Waals surface area contributed by atoms with Gasteiger partial charge in [0.05, 0.1) is 30.8 Å². The van der Waals surface area contributed by atoms with Gasteiger partial charge in [-0.05, 0) is 35.9 Å². The van der Waals surface area contributed by atoms with Crippen molar-refractivity contribution >= 4 is 43.2 Å². The normalized spacial score (nSPS) is 15.8. The molecule has 1 saturated heterocycles. The third kappa shape index (κ3) is 5.47. The summed E-state index contributed by atoms with van der Waals surface area (Å²) < 4.78 is 24.2. The fraction of sp³-hybridized carbons (Fsp3) is 0.316. The molecule has 2 aromatic rings. The Morgan fingerprint density at radius 3 is 2.38 bits per heavy atom. The molecular formula is C19H21BrN3O5S-. The molecule has 29 heavy (non-hydrogen) atoms. The fourth-order valence-corrected chi connectivity index (χ4v) is 4.59. The van der Waals surface area contributed by atoms with E-state index >= 15 is 0 Å². The van der Waals surface area contributed by atoms with Gasteiger partial charge in [-0.25, -0.2) is 13.2 Å². The molecule has 10 heteroatoms. The molecule has 1 fully saturated rings. The fourth-order valence-electron chi connectivity index (χ4n) is 3.00. The molecule has 0 saturated carbocycles. The first-order valence-electron chi connectivity index (χ1n) is 8.92. The number of hydrogen-bond acceptors (Lipinski definition) is 6. The molecule has 2 amide bonds. The molecule has 0 aliphatic carbocycles. The number of sulfone groups is 1. The zero-order chi connectivity index (χ0) is 21.0. The number of anilines is 2. The lowest BCUT2D eigenvalue weighted by Gasteiger charge is -2.33. The zero-order valence-electron chi connectivity index (χ0n) is 15.8. The summed E-state index contributed by atoms with van der Waals surface area (Å²) in [6, 6.07) is 13.8. The van der Waals surface area contributed by atoms with Gasteiger partial charge in [0.1, 0.15) is 0 Å². The number of nitrogens with zero attached hydrogens (tertiary/aromatic N) is 3. The van der Waals surface area contributed by atoms with Crippen LogP contribution < -0.4 is 10.1 Å². The molecular weight excluding hydrogens is 462 g/mol. The predicted octanol–water partition coefficient (Wildman–Crippen LogP) is 3.17. The maximum Gasteiger partial charge on any atom is 0.324 e. The molecule has 0 aromatic heterocycles. The smallest absolute Gasteiger partial charge is 0.324 e. The van der Waals surface area contributed by atoms with Crippen molar-refractivity contribution in [1.82, 2.24) is 4.90 Å². The van der Waals surface area contributed by atoms with Gasteiger partial charge < -0.3 is 15.3 Å². The van der Waals surface area contributed by atoms with Gasteiger partial charge >= 0.3 is 6.03 Å². The Hall–Kier alpha value is -2.14. The SMILES string of the molecule is CON([O-])c1ccc(CN(C(=O)N2CCS(=O)(=O)CC2)c2cccc(Br)c2)cc1. The molecule has 156 valence electrons. The van der Waals surface area contributed by atoms with E-state index in [1.54, 1.807) is 34.1 Å². The average Bonchev–Trinajstić information content (AvgIpc) is 2.71. The minimum absolute atomic E-state index is 0.0316. The second-order valence-corrected chi connectivity index (χ2v) is 9.81. The number of halogens is 1. The molecule has 0 unspecified atom stereocenters. The van der Waals surface area contributed by atoms with E-state index in [-0.39, 0.29) is 37.2 Å². The van der Waals surface area contributed by atoms with Crippen LogP contribution in [0.15, 0.2) is 53.0 Å². The molecule has 0 atom stereocenters. The highest BCUT2D eigenvalue weighted by molar-refractivity contribution is 9.10. The first-order valence-corrected chi connectivity index (χ1v) is 11.5. The molecule has 1 aliphatic heterocycles. The molecule has 3 rings (SSSR count). The number of benzene rings is 2. The second kappa shape index (κ2) is 9.12. The molecule has 0 bridgehead atoms. The molecule has 1 heterocycles. The maximum atomic E-state index is 13.2. The van der Waals surface area contributed by atoms with Crippen molar-refractivity contribution in [3.63, 3.8) is 0 Å². The van der Waals surface area contributed by atoms with Gasteiger partial charge in [0, 0.05) is 23.2 Å². The van der Waals surface area contributed by atoms with Crippen molar-refractivity contribution in [2.24, 2.45) is 0 Å². The number of amides is 2. The molecule has 0 N–H and O–H groups in total. The van der Waals surface area contributed by atoms with Gasteiger partial charge in [-0.1, -0.05) is 34.1 Å². The van der Waals surface area contributed by atoms with Crippen LogP contribution in [-0.4, -0.2) is 51.1 Å². The van der Waals surface area contributed by atoms with E-state index in [9.17, 15) is 18.4 Å². The van der Waals surface area contributed by atoms with Crippen LogP contribution in [0.4, 0.5) is 16.2 Å². The average molecular weight is 483 g/mol. The van der Waals surface area contributed by atoms with Gasteiger partial charge in [-0.3, -0.25) is 9.74 Å². The van der Waals surface area contributed by atoms with E-state index in [0.717, 1.165) is 10.0 Å². The zero-order valence-corrected chi connectivity index (χ0v) is 18.2. The monoisotopic (exact) mass is 482 g/mol. The van der Waals surface area contributed by atoms with Crippen LogP contribution >= 0.6 is 15.9 Å². The van der Waals surface area contributed by atoms with Crippen molar-refractivity contribution in [3.8, 4) is 0 Å². The topological polar surface area (TPSA) is 93.2 Å². The van der Waals surface area contributed by atoms with Crippen LogP contribution in [0.1, 0.15) is 5.56 Å². The van der Waals surface area contributed by atoms with Gasteiger partial charge in [0.2, 0.25) is 0 Å². The summed E-state index contributed by atoms with van der Waals surface area (Å²) in [5.41, 5.74) is 1.85. The van der Waals surface area contributed by atoms with E-state index in [4.69, 9.17) is 0 Å². The van der Waals surface area contributed by atoms with Crippen LogP contribution in [0.5, 0.6) is 0 Å². The van der Waals surface area contributed by atoms with Crippen molar-refractivity contribution in [2.45, 2.75) is 6.54 Å². The lowest BCUT2D eigenvalue weighted by molar-refractivity contribution is 0.198. The summed E-state index contributed by atoms with van der Waals surface area (Å²) in [4.78, 5) is 21.0. The quantitative estimate of drug-likeness (QED) is 0.607. The summed E-state index contributed by atoms with van der Waals surface area (Å²) in [6.45, 7) is 0.609. The maximum absolute atomic E-state index is 13.2. The van der Waals surface area contributed by atoms with E-state index in [0.29, 0.717) is 16.6 Å². The van der Waals surface area contributed by atoms with Gasteiger partial charge in [-0.2, -0.15) is 0 Å². The lowest BCUT2D eigenvalue weighted by atomic mass is 10.2. The molecule has 2 aromatic carbocycles. The third-order valence-electron chi connectivity index (χ3n) is 4.62. The van der Waals surface area contributed by atoms with Crippen molar-refractivity contribution in [3.05, 3.63) is 63.8 Å².